The first kappa shape index (κ1) is 22.9. The number of piperazine rings is 1. The summed E-state index contributed by atoms with van der Waals surface area (Å²) in [7, 11) is -3.45. The Morgan fingerprint density at radius 3 is 2.32 bits per heavy atom. The molecular weight excluding hydrogens is 458 g/mol. The molecule has 2 saturated heterocycles. The number of fused-ring (bicyclic) bond motifs is 1. The van der Waals surface area contributed by atoms with E-state index in [9.17, 15) is 13.2 Å². The minimum Gasteiger partial charge on any atom is -0.484 e. The zero-order chi connectivity index (χ0) is 23.5. The van der Waals surface area contributed by atoms with Crippen LogP contribution in [0.15, 0.2) is 47.4 Å². The fourth-order valence-electron chi connectivity index (χ4n) is 4.47. The molecule has 3 heterocycles. The van der Waals surface area contributed by atoms with Gasteiger partial charge in [0.2, 0.25) is 16.8 Å². The number of benzene rings is 2. The summed E-state index contributed by atoms with van der Waals surface area (Å²) in [4.78, 5) is 17.0. The number of rotatable bonds is 7. The Kier molecular flexibility index (Phi) is 6.62. The fourth-order valence-corrected chi connectivity index (χ4v) is 5.99. The quantitative estimate of drug-likeness (QED) is 0.590. The normalized spacial score (nSPS) is 18.9. The lowest BCUT2D eigenvalue weighted by Crippen LogP contribution is -2.49. The maximum atomic E-state index is 12.6. The second-order valence-corrected chi connectivity index (χ2v) is 10.7. The highest BCUT2D eigenvalue weighted by Crippen LogP contribution is 2.33. The molecule has 0 radical (unpaired) electrons. The number of amides is 1. The summed E-state index contributed by atoms with van der Waals surface area (Å²) in [5.41, 5.74) is 1.16. The predicted molar refractivity (Wildman–Crippen MR) is 124 cm³/mol. The Morgan fingerprint density at radius 2 is 1.59 bits per heavy atom. The largest absolute Gasteiger partial charge is 0.484 e. The molecular formula is C24H29N3O6S. The highest BCUT2D eigenvalue weighted by atomic mass is 32.2. The summed E-state index contributed by atoms with van der Waals surface area (Å²) in [6, 6.07) is 12.3. The number of hydrogen-bond donors (Lipinski definition) is 0. The van der Waals surface area contributed by atoms with Crippen LogP contribution in [0.3, 0.4) is 0 Å². The molecule has 0 aromatic heterocycles. The van der Waals surface area contributed by atoms with E-state index in [-0.39, 0.29) is 24.2 Å². The molecule has 0 saturated carbocycles. The van der Waals surface area contributed by atoms with Crippen molar-refractivity contribution in [3.63, 3.8) is 0 Å². The lowest BCUT2D eigenvalue weighted by Gasteiger charge is -2.34. The second kappa shape index (κ2) is 9.81. The molecule has 1 amide bonds. The van der Waals surface area contributed by atoms with Gasteiger partial charge in [0.1, 0.15) is 5.75 Å². The molecule has 0 bridgehead atoms. The lowest BCUT2D eigenvalue weighted by atomic mass is 10.1. The van der Waals surface area contributed by atoms with E-state index in [1.165, 1.54) is 4.31 Å². The smallest absolute Gasteiger partial charge is 0.260 e. The first-order chi connectivity index (χ1) is 16.5. The third-order valence-corrected chi connectivity index (χ3v) is 8.37. The first-order valence-electron chi connectivity index (χ1n) is 11.6. The second-order valence-electron chi connectivity index (χ2n) is 8.72. The van der Waals surface area contributed by atoms with Crippen LogP contribution in [0.4, 0.5) is 0 Å². The minimum atomic E-state index is -3.45. The van der Waals surface area contributed by atoms with Gasteiger partial charge in [-0.25, -0.2) is 8.42 Å². The van der Waals surface area contributed by atoms with Crippen LogP contribution < -0.4 is 14.2 Å². The van der Waals surface area contributed by atoms with E-state index in [4.69, 9.17) is 14.2 Å². The molecule has 0 unspecified atom stereocenters. The molecule has 0 spiro atoms. The highest BCUT2D eigenvalue weighted by Gasteiger charge is 2.27. The number of ether oxygens (including phenoxy) is 3. The average Bonchev–Trinajstić information content (AvgIpc) is 3.56. The molecule has 10 heteroatoms. The molecule has 2 fully saturated rings. The molecule has 0 N–H and O–H groups in total. The molecule has 0 aliphatic carbocycles. The van der Waals surface area contributed by atoms with Crippen LogP contribution in [0.2, 0.25) is 0 Å². The third-order valence-electron chi connectivity index (χ3n) is 6.46. The van der Waals surface area contributed by atoms with Gasteiger partial charge < -0.3 is 19.1 Å². The summed E-state index contributed by atoms with van der Waals surface area (Å²) < 4.78 is 43.2. The number of nitrogens with zero attached hydrogens (tertiary/aromatic N) is 3. The minimum absolute atomic E-state index is 0.0691. The average molecular weight is 488 g/mol. The SMILES string of the molecule is O=C(COc1ccc(S(=O)(=O)N2CCCC2)cc1)N1CCN(Cc2ccc3c(c2)OCO3)CC1. The molecule has 9 nitrogen and oxygen atoms in total. The zero-order valence-electron chi connectivity index (χ0n) is 19.0. The summed E-state index contributed by atoms with van der Waals surface area (Å²) in [6.45, 7) is 4.97. The number of sulfonamides is 1. The van der Waals surface area contributed by atoms with Gasteiger partial charge in [0, 0.05) is 45.8 Å². The summed E-state index contributed by atoms with van der Waals surface area (Å²) in [6.07, 6.45) is 1.80. The number of carbonyl (C=O) groups excluding carboxylic acids is 1. The molecule has 2 aromatic rings. The van der Waals surface area contributed by atoms with Gasteiger partial charge in [-0.2, -0.15) is 4.31 Å². The molecule has 5 rings (SSSR count). The predicted octanol–water partition coefficient (Wildman–Crippen LogP) is 1.92. The Labute approximate surface area is 199 Å². The van der Waals surface area contributed by atoms with E-state index in [1.54, 1.807) is 24.3 Å². The van der Waals surface area contributed by atoms with E-state index < -0.39 is 10.0 Å². The number of carbonyl (C=O) groups is 1. The van der Waals surface area contributed by atoms with Crippen molar-refractivity contribution in [1.82, 2.24) is 14.1 Å². The Hall–Kier alpha value is -2.82. The van der Waals surface area contributed by atoms with Gasteiger partial charge in [0.15, 0.2) is 18.1 Å². The zero-order valence-corrected chi connectivity index (χ0v) is 19.8. The molecule has 182 valence electrons. The maximum absolute atomic E-state index is 12.6. The molecule has 0 atom stereocenters. The van der Waals surface area contributed by atoms with Crippen LogP contribution in [0, 0.1) is 0 Å². The van der Waals surface area contributed by atoms with Crippen LogP contribution in [0.25, 0.3) is 0 Å². The van der Waals surface area contributed by atoms with Crippen LogP contribution in [-0.2, 0) is 21.4 Å². The van der Waals surface area contributed by atoms with Gasteiger partial charge in [-0.05, 0) is 54.8 Å². The van der Waals surface area contributed by atoms with Crippen molar-refractivity contribution in [1.29, 1.82) is 0 Å². The van der Waals surface area contributed by atoms with Crippen molar-refractivity contribution in [2.24, 2.45) is 0 Å². The first-order valence-corrected chi connectivity index (χ1v) is 13.0. The highest BCUT2D eigenvalue weighted by molar-refractivity contribution is 7.89. The van der Waals surface area contributed by atoms with Crippen LogP contribution in [0.1, 0.15) is 18.4 Å². The lowest BCUT2D eigenvalue weighted by molar-refractivity contribution is -0.135. The molecule has 3 aliphatic rings. The van der Waals surface area contributed by atoms with E-state index >= 15 is 0 Å². The van der Waals surface area contributed by atoms with E-state index in [0.717, 1.165) is 49.5 Å². The maximum Gasteiger partial charge on any atom is 0.260 e. The van der Waals surface area contributed by atoms with Crippen LogP contribution >= 0.6 is 0 Å². The summed E-state index contributed by atoms with van der Waals surface area (Å²) in [5, 5.41) is 0. The van der Waals surface area contributed by atoms with Crippen molar-refractivity contribution >= 4 is 15.9 Å². The summed E-state index contributed by atoms with van der Waals surface area (Å²) in [5.74, 6) is 1.97. The van der Waals surface area contributed by atoms with Gasteiger partial charge in [0.05, 0.1) is 4.90 Å². The van der Waals surface area contributed by atoms with Crippen LogP contribution in [-0.4, -0.2) is 81.1 Å². The van der Waals surface area contributed by atoms with Crippen LogP contribution in [0.5, 0.6) is 17.2 Å². The topological polar surface area (TPSA) is 88.6 Å². The van der Waals surface area contributed by atoms with Crippen molar-refractivity contribution in [2.45, 2.75) is 24.3 Å². The van der Waals surface area contributed by atoms with E-state index in [0.29, 0.717) is 31.9 Å². The van der Waals surface area contributed by atoms with Gasteiger partial charge in [-0.15, -0.1) is 0 Å². The third kappa shape index (κ3) is 4.98. The molecule has 34 heavy (non-hydrogen) atoms. The van der Waals surface area contributed by atoms with Gasteiger partial charge in [0.25, 0.3) is 5.91 Å². The van der Waals surface area contributed by atoms with Gasteiger partial charge in [-0.3, -0.25) is 9.69 Å². The van der Waals surface area contributed by atoms with Crippen molar-refractivity contribution < 1.29 is 27.4 Å². The van der Waals surface area contributed by atoms with Crippen molar-refractivity contribution in [3.8, 4) is 17.2 Å². The fraction of sp³-hybridized carbons (Fsp3) is 0.458. The van der Waals surface area contributed by atoms with Crippen molar-refractivity contribution in [3.05, 3.63) is 48.0 Å². The van der Waals surface area contributed by atoms with E-state index in [1.807, 2.05) is 23.1 Å². The van der Waals surface area contributed by atoms with Crippen molar-refractivity contribution in [2.75, 3.05) is 52.7 Å². The molecule has 2 aromatic carbocycles. The number of hydrogen-bond acceptors (Lipinski definition) is 7. The Balaban J connectivity index is 1.08. The van der Waals surface area contributed by atoms with E-state index in [2.05, 4.69) is 4.90 Å². The van der Waals surface area contributed by atoms with Gasteiger partial charge in [-0.1, -0.05) is 6.07 Å². The standard InChI is InChI=1S/C24H29N3O6S/c28-24(17-31-20-4-6-21(7-5-20)34(29,30)27-9-1-2-10-27)26-13-11-25(12-14-26)16-19-3-8-22-23(15-19)33-18-32-22/h3-8,15H,1-2,9-14,16-18H2. The monoisotopic (exact) mass is 487 g/mol. The molecule has 3 aliphatic heterocycles. The Bertz CT molecular complexity index is 1120. The Morgan fingerprint density at radius 1 is 0.882 bits per heavy atom. The van der Waals surface area contributed by atoms with Gasteiger partial charge >= 0.3 is 0 Å². The summed E-state index contributed by atoms with van der Waals surface area (Å²) >= 11 is 0.